The number of nitrogens with zero attached hydrogens (tertiary/aromatic N) is 2. The van der Waals surface area contributed by atoms with Crippen molar-refractivity contribution >= 4 is 0 Å². The Morgan fingerprint density at radius 2 is 2.20 bits per heavy atom. The van der Waals surface area contributed by atoms with Gasteiger partial charge in [-0.2, -0.15) is 5.10 Å². The third-order valence-electron chi connectivity index (χ3n) is 3.65. The molecule has 6 nitrogen and oxygen atoms in total. The van der Waals surface area contributed by atoms with E-state index < -0.39 is 0 Å². The third-order valence-corrected chi connectivity index (χ3v) is 3.65. The Morgan fingerprint density at radius 3 is 2.95 bits per heavy atom. The van der Waals surface area contributed by atoms with Gasteiger partial charge in [0.25, 0.3) is 0 Å². The molecule has 20 heavy (non-hydrogen) atoms. The third kappa shape index (κ3) is 2.22. The van der Waals surface area contributed by atoms with Crippen LogP contribution < -0.4 is 15.7 Å². The molecule has 1 fully saturated rings. The van der Waals surface area contributed by atoms with Gasteiger partial charge in [0.05, 0.1) is 18.8 Å². The van der Waals surface area contributed by atoms with Crippen molar-refractivity contribution in [1.82, 2.24) is 20.1 Å². The first-order chi connectivity index (χ1) is 9.81. The van der Waals surface area contributed by atoms with Crippen LogP contribution in [0.4, 0.5) is 0 Å². The van der Waals surface area contributed by atoms with Gasteiger partial charge in [-0.25, -0.2) is 14.5 Å². The van der Waals surface area contributed by atoms with Crippen molar-refractivity contribution in [2.75, 3.05) is 13.7 Å². The first kappa shape index (κ1) is 12.9. The summed E-state index contributed by atoms with van der Waals surface area (Å²) < 4.78 is 6.94. The minimum absolute atomic E-state index is 0.104. The summed E-state index contributed by atoms with van der Waals surface area (Å²) >= 11 is 0. The van der Waals surface area contributed by atoms with Crippen LogP contribution in [0, 0.1) is 0 Å². The molecule has 0 spiro atoms. The molecule has 0 saturated carbocycles. The predicted molar refractivity (Wildman–Crippen MR) is 75.3 cm³/mol. The van der Waals surface area contributed by atoms with Crippen molar-refractivity contribution in [2.45, 2.75) is 25.3 Å². The van der Waals surface area contributed by atoms with Gasteiger partial charge >= 0.3 is 5.69 Å². The van der Waals surface area contributed by atoms with E-state index in [1.54, 1.807) is 11.7 Å². The van der Waals surface area contributed by atoms with E-state index in [2.05, 4.69) is 15.5 Å². The first-order valence-electron chi connectivity index (χ1n) is 6.85. The maximum Gasteiger partial charge on any atom is 0.348 e. The SMILES string of the molecule is COc1ccccc1-n1c(C2CCCCN2)n[nH]c1=O. The highest BCUT2D eigenvalue weighted by Gasteiger charge is 2.23. The van der Waals surface area contributed by atoms with Crippen LogP contribution in [0.25, 0.3) is 5.69 Å². The topological polar surface area (TPSA) is 71.9 Å². The van der Waals surface area contributed by atoms with Crippen molar-refractivity contribution < 1.29 is 4.74 Å². The van der Waals surface area contributed by atoms with Crippen LogP contribution in [-0.4, -0.2) is 28.4 Å². The number of nitrogens with one attached hydrogen (secondary N) is 2. The molecule has 1 aliphatic rings. The number of para-hydroxylation sites is 2. The van der Waals surface area contributed by atoms with Crippen LogP contribution in [0.5, 0.6) is 5.75 Å². The van der Waals surface area contributed by atoms with Crippen molar-refractivity contribution in [3.8, 4) is 11.4 Å². The molecule has 2 heterocycles. The number of aromatic amines is 1. The summed E-state index contributed by atoms with van der Waals surface area (Å²) in [7, 11) is 1.60. The molecule has 1 aliphatic heterocycles. The number of hydrogen-bond acceptors (Lipinski definition) is 4. The van der Waals surface area contributed by atoms with Gasteiger partial charge in [0.15, 0.2) is 5.82 Å². The molecule has 0 aliphatic carbocycles. The number of aromatic nitrogens is 3. The minimum atomic E-state index is -0.239. The Bertz CT molecular complexity index is 641. The fourth-order valence-electron chi connectivity index (χ4n) is 2.66. The number of hydrogen-bond donors (Lipinski definition) is 2. The summed E-state index contributed by atoms with van der Waals surface area (Å²) in [4.78, 5) is 12.1. The van der Waals surface area contributed by atoms with Crippen LogP contribution in [-0.2, 0) is 0 Å². The average Bonchev–Trinajstić information content (AvgIpc) is 2.89. The van der Waals surface area contributed by atoms with Crippen LogP contribution in [0.3, 0.4) is 0 Å². The highest BCUT2D eigenvalue weighted by molar-refractivity contribution is 5.47. The Hall–Kier alpha value is -2.08. The van der Waals surface area contributed by atoms with E-state index in [4.69, 9.17) is 4.74 Å². The zero-order chi connectivity index (χ0) is 13.9. The van der Waals surface area contributed by atoms with Gasteiger partial charge in [0.2, 0.25) is 0 Å². The van der Waals surface area contributed by atoms with Crippen LogP contribution in [0.15, 0.2) is 29.1 Å². The maximum absolute atomic E-state index is 12.1. The second-order valence-electron chi connectivity index (χ2n) is 4.90. The van der Waals surface area contributed by atoms with E-state index in [9.17, 15) is 4.79 Å². The fourth-order valence-corrected chi connectivity index (χ4v) is 2.66. The van der Waals surface area contributed by atoms with Crippen molar-refractivity contribution in [1.29, 1.82) is 0 Å². The summed E-state index contributed by atoms with van der Waals surface area (Å²) in [6.07, 6.45) is 3.30. The van der Waals surface area contributed by atoms with Gasteiger partial charge < -0.3 is 10.1 Å². The van der Waals surface area contributed by atoms with E-state index in [0.717, 1.165) is 30.9 Å². The number of piperidine rings is 1. The molecule has 0 bridgehead atoms. The standard InChI is InChI=1S/C14H18N4O2/c1-20-12-8-3-2-7-11(12)18-13(16-17-14(18)19)10-6-4-5-9-15-10/h2-3,7-8,10,15H,4-6,9H2,1H3,(H,17,19). The summed E-state index contributed by atoms with van der Waals surface area (Å²) in [5.74, 6) is 1.38. The van der Waals surface area contributed by atoms with Gasteiger partial charge in [0, 0.05) is 0 Å². The lowest BCUT2D eigenvalue weighted by atomic mass is 10.0. The van der Waals surface area contributed by atoms with Crippen LogP contribution in [0.1, 0.15) is 31.1 Å². The summed E-state index contributed by atoms with van der Waals surface area (Å²) in [5, 5.41) is 10.2. The smallest absolute Gasteiger partial charge is 0.348 e. The summed E-state index contributed by atoms with van der Waals surface area (Å²) in [6, 6.07) is 7.57. The van der Waals surface area contributed by atoms with Crippen molar-refractivity contribution in [3.05, 3.63) is 40.6 Å². The number of H-pyrrole nitrogens is 1. The van der Waals surface area contributed by atoms with Crippen molar-refractivity contribution in [3.63, 3.8) is 0 Å². The van der Waals surface area contributed by atoms with E-state index in [-0.39, 0.29) is 11.7 Å². The van der Waals surface area contributed by atoms with Gasteiger partial charge in [-0.1, -0.05) is 18.6 Å². The van der Waals surface area contributed by atoms with Crippen molar-refractivity contribution in [2.24, 2.45) is 0 Å². The van der Waals surface area contributed by atoms with Gasteiger partial charge in [-0.3, -0.25) is 0 Å². The molecule has 1 aromatic heterocycles. The minimum Gasteiger partial charge on any atom is -0.495 e. The second kappa shape index (κ2) is 5.50. The molecule has 6 heteroatoms. The Kier molecular flexibility index (Phi) is 3.56. The molecular weight excluding hydrogens is 256 g/mol. The number of methoxy groups -OCH3 is 1. The van der Waals surface area contributed by atoms with E-state index in [0.29, 0.717) is 5.75 Å². The fraction of sp³-hybridized carbons (Fsp3) is 0.429. The zero-order valence-electron chi connectivity index (χ0n) is 11.4. The molecule has 0 radical (unpaired) electrons. The molecule has 2 aromatic rings. The molecule has 1 aromatic carbocycles. The van der Waals surface area contributed by atoms with Gasteiger partial charge in [-0.15, -0.1) is 0 Å². The summed E-state index contributed by atoms with van der Waals surface area (Å²) in [6.45, 7) is 0.956. The molecular formula is C14H18N4O2. The predicted octanol–water partition coefficient (Wildman–Crippen LogP) is 1.38. The normalized spacial score (nSPS) is 18.9. The van der Waals surface area contributed by atoms with Gasteiger partial charge in [0.1, 0.15) is 5.75 Å². The second-order valence-corrected chi connectivity index (χ2v) is 4.90. The van der Waals surface area contributed by atoms with E-state index in [1.807, 2.05) is 24.3 Å². The zero-order valence-corrected chi connectivity index (χ0v) is 11.4. The Labute approximate surface area is 116 Å². The lowest BCUT2D eigenvalue weighted by molar-refractivity contribution is 0.389. The first-order valence-corrected chi connectivity index (χ1v) is 6.85. The number of ether oxygens (including phenoxy) is 1. The summed E-state index contributed by atoms with van der Waals surface area (Å²) in [5.41, 5.74) is 0.480. The average molecular weight is 274 g/mol. The molecule has 2 N–H and O–H groups in total. The largest absolute Gasteiger partial charge is 0.495 e. The molecule has 3 rings (SSSR count). The maximum atomic E-state index is 12.1. The Balaban J connectivity index is 2.09. The van der Waals surface area contributed by atoms with Crippen LogP contribution in [0.2, 0.25) is 0 Å². The highest BCUT2D eigenvalue weighted by Crippen LogP contribution is 2.26. The van der Waals surface area contributed by atoms with Crippen LogP contribution >= 0.6 is 0 Å². The molecule has 106 valence electrons. The number of rotatable bonds is 3. The molecule has 1 saturated heterocycles. The molecule has 0 amide bonds. The van der Waals surface area contributed by atoms with Gasteiger partial charge in [-0.05, 0) is 31.5 Å². The monoisotopic (exact) mass is 274 g/mol. The molecule has 1 atom stereocenters. The van der Waals surface area contributed by atoms with E-state index in [1.165, 1.54) is 6.42 Å². The molecule has 1 unspecified atom stereocenters. The van der Waals surface area contributed by atoms with E-state index >= 15 is 0 Å². The lowest BCUT2D eigenvalue weighted by Crippen LogP contribution is -2.30. The lowest BCUT2D eigenvalue weighted by Gasteiger charge is -2.23. The highest BCUT2D eigenvalue weighted by atomic mass is 16.5. The Morgan fingerprint density at radius 1 is 1.35 bits per heavy atom. The number of benzene rings is 1. The quantitative estimate of drug-likeness (QED) is 0.887.